The van der Waals surface area contributed by atoms with Crippen molar-refractivity contribution in [1.29, 1.82) is 0 Å². The Bertz CT molecular complexity index is 1220. The van der Waals surface area contributed by atoms with Gasteiger partial charge in [-0.2, -0.15) is 0 Å². The molecule has 0 aliphatic carbocycles. The number of carboxylic acid groups (broad SMARTS) is 3. The van der Waals surface area contributed by atoms with Crippen LogP contribution in [0.2, 0.25) is 0 Å². The fraction of sp³-hybridized carbons (Fsp3) is 0.824. The molecule has 0 aromatic heterocycles. The normalized spacial score (nSPS) is 20.7. The molecule has 2 heterocycles. The van der Waals surface area contributed by atoms with Gasteiger partial charge in [0.05, 0.1) is 31.8 Å². The zero-order valence-corrected chi connectivity index (χ0v) is 34.4. The molecule has 23 nitrogen and oxygen atoms in total. The third-order valence-electron chi connectivity index (χ3n) is 9.74. The van der Waals surface area contributed by atoms with Crippen LogP contribution in [0.3, 0.4) is 0 Å². The number of nitrogens with zero attached hydrogens (tertiary/aromatic N) is 9. The van der Waals surface area contributed by atoms with Crippen LogP contribution in [-0.4, -0.2) is 290 Å². The summed E-state index contributed by atoms with van der Waals surface area (Å²) in [5.74, 6) is -3.00. The maximum atomic E-state index is 11.6. The highest BCUT2D eigenvalue weighted by Gasteiger charge is 2.24. The lowest BCUT2D eigenvalue weighted by Gasteiger charge is -2.35. The first-order valence-corrected chi connectivity index (χ1v) is 19.8. The summed E-state index contributed by atoms with van der Waals surface area (Å²) in [6, 6.07) is 0. The molecule has 2 rings (SSSR count). The second-order valence-electron chi connectivity index (χ2n) is 14.4. The van der Waals surface area contributed by atoms with E-state index in [9.17, 15) is 54.3 Å². The van der Waals surface area contributed by atoms with Crippen LogP contribution in [-0.2, 0) is 43.0 Å². The molecule has 0 spiro atoms. The number of aliphatic hydroxyl groups excluding tert-OH is 2. The van der Waals surface area contributed by atoms with Gasteiger partial charge in [0.2, 0.25) is 0 Å². The molecule has 0 bridgehead atoms. The summed E-state index contributed by atoms with van der Waals surface area (Å²) >= 11 is 0. The summed E-state index contributed by atoms with van der Waals surface area (Å²) in [6.45, 7) is 7.74. The molecule has 58 heavy (non-hydrogen) atoms. The van der Waals surface area contributed by atoms with Gasteiger partial charge in [0, 0.05) is 131 Å². The Morgan fingerprint density at radius 3 is 0.914 bits per heavy atom. The third kappa shape index (κ3) is 24.0. The van der Waals surface area contributed by atoms with E-state index in [0.717, 1.165) is 0 Å². The van der Waals surface area contributed by atoms with E-state index >= 15 is 0 Å². The number of carboxylic acids is 3. The number of carbonyl (C=O) groups excluding carboxylic acids is 3. The highest BCUT2D eigenvalue weighted by Crippen LogP contribution is 2.09. The Kier molecular flexibility index (Phi) is 26.3. The minimum Gasteiger partial charge on any atom is -0.480 e. The topological polar surface area (TPSA) is 260 Å². The Hall–Kier alpha value is -3.19. The largest absolute Gasteiger partial charge is 0.480 e. The summed E-state index contributed by atoms with van der Waals surface area (Å²) in [6.07, 6.45) is -1.73. The number of aliphatic carboxylic acids is 3. The van der Waals surface area contributed by atoms with Crippen molar-refractivity contribution < 1.29 is 68.5 Å². The van der Waals surface area contributed by atoms with E-state index in [2.05, 4.69) is 9.39 Å². The molecule has 24 heteroatoms. The third-order valence-corrected chi connectivity index (χ3v) is 10.2. The van der Waals surface area contributed by atoms with Gasteiger partial charge in [0.1, 0.15) is 20.2 Å². The van der Waals surface area contributed by atoms with Gasteiger partial charge < -0.3 is 39.7 Å². The lowest BCUT2D eigenvalue weighted by molar-refractivity contribution is -0.140. The molecule has 0 amide bonds. The molecule has 0 aromatic carbocycles. The molecule has 0 saturated carbocycles. The maximum absolute atomic E-state index is 11.6. The predicted octanol–water partition coefficient (Wildman–Crippen LogP) is -5.11. The van der Waals surface area contributed by atoms with Gasteiger partial charge in [-0.25, -0.2) is 0 Å². The SMILES string of the molecule is O=COCN1CCN(COC=O)CCN(CC(O)CN(P)CC(O)CN2CCN(COC=O)CCN(CC(=O)O)CCN(CC(=O)O)CC2)CCN(CC(=O)O)CC1. The number of aliphatic hydroxyl groups is 2. The zero-order chi connectivity index (χ0) is 42.7. The van der Waals surface area contributed by atoms with Gasteiger partial charge in [-0.1, -0.05) is 9.39 Å². The predicted molar refractivity (Wildman–Crippen MR) is 209 cm³/mol. The Balaban J connectivity index is 2.07. The molecular weight excluding hydrogens is 789 g/mol. The van der Waals surface area contributed by atoms with E-state index < -0.39 is 30.1 Å². The monoisotopic (exact) mass is 853 g/mol. The van der Waals surface area contributed by atoms with Crippen molar-refractivity contribution in [2.45, 2.75) is 12.2 Å². The standard InChI is InChI=1S/C34H64N9O14P/c44-27-55-24-40-11-7-35(1-3-37(21-32(49)50)5-6-39(9-13-40)23-34(53)54)17-30(47)19-43(58)20-31(48)18-36-2-4-38(22-33(51)52)10-14-42(26-57-29-46)16-15-41(12-8-36)25-56-28-45/h27-31,47-48H,1-26,58H2,(H,49,50)(H,51,52)(H,53,54). The van der Waals surface area contributed by atoms with Crippen molar-refractivity contribution in [2.75, 3.05) is 171 Å². The van der Waals surface area contributed by atoms with Crippen molar-refractivity contribution in [2.24, 2.45) is 0 Å². The highest BCUT2D eigenvalue weighted by molar-refractivity contribution is 7.13. The van der Waals surface area contributed by atoms with Crippen molar-refractivity contribution in [3.63, 3.8) is 0 Å². The molecule has 0 radical (unpaired) electrons. The summed E-state index contributed by atoms with van der Waals surface area (Å²) in [4.78, 5) is 82.4. The maximum Gasteiger partial charge on any atom is 0.317 e. The van der Waals surface area contributed by atoms with E-state index in [1.165, 1.54) is 0 Å². The quantitative estimate of drug-likeness (QED) is 0.0366. The van der Waals surface area contributed by atoms with E-state index in [1.807, 2.05) is 24.5 Å². The highest BCUT2D eigenvalue weighted by atomic mass is 31.0. The molecule has 2 aliphatic heterocycles. The molecule has 334 valence electrons. The Morgan fingerprint density at radius 2 is 0.690 bits per heavy atom. The molecular formula is C34H64N9O14P. The van der Waals surface area contributed by atoms with Gasteiger partial charge >= 0.3 is 17.9 Å². The van der Waals surface area contributed by atoms with Gasteiger partial charge in [0.15, 0.2) is 0 Å². The zero-order valence-electron chi connectivity index (χ0n) is 33.3. The van der Waals surface area contributed by atoms with Crippen molar-refractivity contribution in [3.05, 3.63) is 0 Å². The second kappa shape index (κ2) is 29.9. The molecule has 3 atom stereocenters. The fourth-order valence-corrected chi connectivity index (χ4v) is 7.18. The van der Waals surface area contributed by atoms with E-state index in [4.69, 9.17) is 14.2 Å². The number of hydrogen-bond acceptors (Lipinski definition) is 20. The first-order chi connectivity index (χ1) is 27.8. The van der Waals surface area contributed by atoms with Crippen LogP contribution in [0.1, 0.15) is 0 Å². The minimum atomic E-state index is -1.01. The van der Waals surface area contributed by atoms with E-state index in [-0.39, 0.29) is 66.0 Å². The Labute approximate surface area is 341 Å². The molecule has 2 aliphatic rings. The van der Waals surface area contributed by atoms with Crippen LogP contribution in [0, 0.1) is 0 Å². The van der Waals surface area contributed by atoms with Crippen LogP contribution < -0.4 is 0 Å². The van der Waals surface area contributed by atoms with Gasteiger partial charge in [-0.3, -0.25) is 72.6 Å². The number of rotatable bonds is 23. The van der Waals surface area contributed by atoms with Crippen LogP contribution >= 0.6 is 9.39 Å². The summed E-state index contributed by atoms with van der Waals surface area (Å²) < 4.78 is 16.7. The summed E-state index contributed by atoms with van der Waals surface area (Å²) in [7, 11) is 2.53. The van der Waals surface area contributed by atoms with Gasteiger partial charge in [0.25, 0.3) is 19.4 Å². The van der Waals surface area contributed by atoms with Crippen LogP contribution in [0.15, 0.2) is 0 Å². The fourth-order valence-electron chi connectivity index (χ4n) is 6.69. The number of carbonyl (C=O) groups is 6. The first kappa shape index (κ1) is 51.0. The molecule has 2 fully saturated rings. The number of β-amino-alcohol motifs (C(OH)–C–C–N with tert-alkyl or cyclic N) is 2. The Morgan fingerprint density at radius 1 is 0.466 bits per heavy atom. The summed E-state index contributed by atoms with van der Waals surface area (Å²) in [5.41, 5.74) is 0. The van der Waals surface area contributed by atoms with E-state index in [0.29, 0.717) is 124 Å². The molecule has 5 N–H and O–H groups in total. The summed E-state index contributed by atoms with van der Waals surface area (Å²) in [5, 5.41) is 50.9. The number of hydrogen-bond donors (Lipinski definition) is 5. The molecule has 2 saturated heterocycles. The van der Waals surface area contributed by atoms with Crippen LogP contribution in [0.5, 0.6) is 0 Å². The minimum absolute atomic E-state index is 0.00111. The van der Waals surface area contributed by atoms with E-state index in [1.54, 1.807) is 19.4 Å². The van der Waals surface area contributed by atoms with Gasteiger partial charge in [-0.15, -0.1) is 0 Å². The van der Waals surface area contributed by atoms with Crippen molar-refractivity contribution >= 4 is 46.7 Å². The van der Waals surface area contributed by atoms with Crippen LogP contribution in [0.25, 0.3) is 0 Å². The second-order valence-corrected chi connectivity index (χ2v) is 15.1. The van der Waals surface area contributed by atoms with Crippen molar-refractivity contribution in [1.82, 2.24) is 43.9 Å². The first-order valence-electron chi connectivity index (χ1n) is 19.3. The van der Waals surface area contributed by atoms with Gasteiger partial charge in [-0.05, 0) is 0 Å². The van der Waals surface area contributed by atoms with Crippen LogP contribution in [0.4, 0.5) is 0 Å². The average molecular weight is 854 g/mol. The average Bonchev–Trinajstić information content (AvgIpc) is 3.15. The number of ether oxygens (including phenoxy) is 3. The molecule has 3 unspecified atom stereocenters. The lowest BCUT2D eigenvalue weighted by Crippen LogP contribution is -2.50. The smallest absolute Gasteiger partial charge is 0.317 e. The lowest BCUT2D eigenvalue weighted by atomic mass is 10.2. The van der Waals surface area contributed by atoms with Crippen molar-refractivity contribution in [3.8, 4) is 0 Å². The molecule has 0 aromatic rings.